The number of benzene rings is 1. The van der Waals surface area contributed by atoms with Crippen molar-refractivity contribution < 1.29 is 9.13 Å². The molecule has 0 fully saturated rings. The molecule has 0 unspecified atom stereocenters. The molecule has 0 atom stereocenters. The number of methoxy groups -OCH3 is 1. The van der Waals surface area contributed by atoms with Gasteiger partial charge in [-0.05, 0) is 24.6 Å². The van der Waals surface area contributed by atoms with Gasteiger partial charge in [0.1, 0.15) is 11.6 Å². The lowest BCUT2D eigenvalue weighted by molar-refractivity contribution is 0.412. The summed E-state index contributed by atoms with van der Waals surface area (Å²) in [7, 11) is 1.55. The Bertz CT molecular complexity index is 286. The lowest BCUT2D eigenvalue weighted by atomic mass is 10.1. The molecular formula is C9H10ClFO. The van der Waals surface area contributed by atoms with Crippen molar-refractivity contribution in [1.82, 2.24) is 0 Å². The molecule has 0 heterocycles. The molecule has 1 aromatic rings. The topological polar surface area (TPSA) is 9.23 Å². The molecule has 3 heteroatoms. The summed E-state index contributed by atoms with van der Waals surface area (Å²) in [6.45, 7) is 1.69. The molecule has 66 valence electrons. The van der Waals surface area contributed by atoms with Gasteiger partial charge in [0.25, 0.3) is 0 Å². The summed E-state index contributed by atoms with van der Waals surface area (Å²) >= 11 is 5.54. The molecule has 0 spiro atoms. The van der Waals surface area contributed by atoms with Gasteiger partial charge in [0.05, 0.1) is 13.0 Å². The highest BCUT2D eigenvalue weighted by Gasteiger charge is 2.06. The van der Waals surface area contributed by atoms with Crippen LogP contribution in [0.1, 0.15) is 11.1 Å². The van der Waals surface area contributed by atoms with Crippen LogP contribution in [0.15, 0.2) is 12.1 Å². The number of ether oxygens (including phenoxy) is 1. The van der Waals surface area contributed by atoms with Crippen LogP contribution >= 0.6 is 11.6 Å². The Kier molecular flexibility index (Phi) is 2.93. The summed E-state index contributed by atoms with van der Waals surface area (Å²) in [5, 5.41) is 0. The van der Waals surface area contributed by atoms with Crippen LogP contribution in [0.2, 0.25) is 0 Å². The van der Waals surface area contributed by atoms with E-state index in [0.29, 0.717) is 16.9 Å². The summed E-state index contributed by atoms with van der Waals surface area (Å²) in [4.78, 5) is 0. The molecule has 0 bridgehead atoms. The third-order valence-electron chi connectivity index (χ3n) is 1.68. The first-order chi connectivity index (χ1) is 5.69. The van der Waals surface area contributed by atoms with Gasteiger partial charge in [-0.25, -0.2) is 4.39 Å². The molecule has 0 saturated heterocycles. The monoisotopic (exact) mass is 188 g/mol. The van der Waals surface area contributed by atoms with Crippen LogP contribution in [-0.4, -0.2) is 7.11 Å². The molecular weight excluding hydrogens is 179 g/mol. The summed E-state index contributed by atoms with van der Waals surface area (Å²) < 4.78 is 18.1. The highest BCUT2D eigenvalue weighted by atomic mass is 35.5. The van der Waals surface area contributed by atoms with E-state index in [1.165, 1.54) is 0 Å². The fourth-order valence-electron chi connectivity index (χ4n) is 1.02. The van der Waals surface area contributed by atoms with Gasteiger partial charge in [-0.15, -0.1) is 11.6 Å². The number of aryl methyl sites for hydroxylation is 1. The maximum absolute atomic E-state index is 13.2. The quantitative estimate of drug-likeness (QED) is 0.649. The number of hydrogen-bond acceptors (Lipinski definition) is 1. The molecule has 0 amide bonds. The summed E-state index contributed by atoms with van der Waals surface area (Å²) in [5.41, 5.74) is 1.04. The van der Waals surface area contributed by atoms with Crippen LogP contribution in [0.4, 0.5) is 4.39 Å². The smallest absolute Gasteiger partial charge is 0.130 e. The fourth-order valence-corrected chi connectivity index (χ4v) is 1.22. The average molecular weight is 189 g/mol. The molecule has 1 nitrogen and oxygen atoms in total. The van der Waals surface area contributed by atoms with Gasteiger partial charge in [0.15, 0.2) is 0 Å². The highest BCUT2D eigenvalue weighted by molar-refractivity contribution is 6.17. The average Bonchev–Trinajstić information content (AvgIpc) is 2.09. The van der Waals surface area contributed by atoms with E-state index in [9.17, 15) is 4.39 Å². The molecule has 0 saturated carbocycles. The molecule has 0 aliphatic heterocycles. The zero-order chi connectivity index (χ0) is 9.14. The Hall–Kier alpha value is -0.760. The van der Waals surface area contributed by atoms with E-state index < -0.39 is 0 Å². The molecule has 0 aromatic heterocycles. The van der Waals surface area contributed by atoms with Crippen molar-refractivity contribution in [3.63, 3.8) is 0 Å². The molecule has 0 aliphatic carbocycles. The van der Waals surface area contributed by atoms with Gasteiger partial charge >= 0.3 is 0 Å². The standard InChI is InChI=1S/C9H10ClFO/c1-6-3-8(12-2)4-7(5-10)9(6)11/h3-4H,5H2,1-2H3. The van der Waals surface area contributed by atoms with Crippen molar-refractivity contribution in [3.05, 3.63) is 29.1 Å². The minimum absolute atomic E-state index is 0.171. The molecule has 1 rings (SSSR count). The maximum Gasteiger partial charge on any atom is 0.130 e. The first-order valence-electron chi connectivity index (χ1n) is 3.58. The van der Waals surface area contributed by atoms with Crippen LogP contribution in [0.5, 0.6) is 5.75 Å². The van der Waals surface area contributed by atoms with Gasteiger partial charge in [0.2, 0.25) is 0 Å². The zero-order valence-corrected chi connectivity index (χ0v) is 7.78. The van der Waals surface area contributed by atoms with Crippen molar-refractivity contribution >= 4 is 11.6 Å². The predicted octanol–water partition coefficient (Wildman–Crippen LogP) is 2.88. The van der Waals surface area contributed by atoms with E-state index in [4.69, 9.17) is 16.3 Å². The Labute approximate surface area is 76.1 Å². The minimum atomic E-state index is -0.245. The van der Waals surface area contributed by atoms with Gasteiger partial charge in [-0.1, -0.05) is 0 Å². The van der Waals surface area contributed by atoms with Crippen LogP contribution < -0.4 is 4.74 Å². The Balaban J connectivity index is 3.19. The van der Waals surface area contributed by atoms with Crippen LogP contribution in [0, 0.1) is 12.7 Å². The fraction of sp³-hybridized carbons (Fsp3) is 0.333. The van der Waals surface area contributed by atoms with Crippen LogP contribution in [0.25, 0.3) is 0 Å². The van der Waals surface area contributed by atoms with Crippen molar-refractivity contribution in [3.8, 4) is 5.75 Å². The van der Waals surface area contributed by atoms with Gasteiger partial charge < -0.3 is 4.74 Å². The van der Waals surface area contributed by atoms with Gasteiger partial charge in [0, 0.05) is 5.56 Å². The molecule has 0 aliphatic rings. The van der Waals surface area contributed by atoms with Crippen LogP contribution in [0.3, 0.4) is 0 Å². The van der Waals surface area contributed by atoms with Crippen LogP contribution in [-0.2, 0) is 5.88 Å². The van der Waals surface area contributed by atoms with E-state index in [1.807, 2.05) is 0 Å². The van der Waals surface area contributed by atoms with Gasteiger partial charge in [-0.2, -0.15) is 0 Å². The second-order valence-electron chi connectivity index (χ2n) is 2.55. The highest BCUT2D eigenvalue weighted by Crippen LogP contribution is 2.21. The number of hydrogen-bond donors (Lipinski definition) is 0. The van der Waals surface area contributed by atoms with E-state index in [1.54, 1.807) is 26.2 Å². The summed E-state index contributed by atoms with van der Waals surface area (Å²) in [5.74, 6) is 0.569. The predicted molar refractivity (Wildman–Crippen MR) is 47.2 cm³/mol. The summed E-state index contributed by atoms with van der Waals surface area (Å²) in [6.07, 6.45) is 0. The Morgan fingerprint density at radius 1 is 1.50 bits per heavy atom. The Morgan fingerprint density at radius 2 is 2.17 bits per heavy atom. The van der Waals surface area contributed by atoms with E-state index in [2.05, 4.69) is 0 Å². The Morgan fingerprint density at radius 3 is 2.67 bits per heavy atom. The number of rotatable bonds is 2. The second kappa shape index (κ2) is 3.76. The third kappa shape index (κ3) is 1.69. The lowest BCUT2D eigenvalue weighted by Gasteiger charge is -2.05. The molecule has 12 heavy (non-hydrogen) atoms. The van der Waals surface area contributed by atoms with Crippen molar-refractivity contribution in [2.45, 2.75) is 12.8 Å². The second-order valence-corrected chi connectivity index (χ2v) is 2.82. The van der Waals surface area contributed by atoms with Gasteiger partial charge in [-0.3, -0.25) is 0 Å². The van der Waals surface area contributed by atoms with E-state index >= 15 is 0 Å². The number of alkyl halides is 1. The SMILES string of the molecule is COc1cc(C)c(F)c(CCl)c1. The third-order valence-corrected chi connectivity index (χ3v) is 1.97. The lowest BCUT2D eigenvalue weighted by Crippen LogP contribution is -1.93. The summed E-state index contributed by atoms with van der Waals surface area (Å²) in [6, 6.07) is 3.25. The molecule has 1 aromatic carbocycles. The first-order valence-corrected chi connectivity index (χ1v) is 4.11. The van der Waals surface area contributed by atoms with Crippen molar-refractivity contribution in [2.24, 2.45) is 0 Å². The largest absolute Gasteiger partial charge is 0.497 e. The maximum atomic E-state index is 13.2. The zero-order valence-electron chi connectivity index (χ0n) is 7.03. The van der Waals surface area contributed by atoms with E-state index in [-0.39, 0.29) is 11.7 Å². The number of halogens is 2. The van der Waals surface area contributed by atoms with Crippen molar-refractivity contribution in [1.29, 1.82) is 0 Å². The minimum Gasteiger partial charge on any atom is -0.497 e. The first kappa shape index (κ1) is 9.33. The normalized spacial score (nSPS) is 10.0. The molecule has 0 N–H and O–H groups in total. The van der Waals surface area contributed by atoms with Crippen molar-refractivity contribution in [2.75, 3.05) is 7.11 Å². The molecule has 0 radical (unpaired) electrons. The van der Waals surface area contributed by atoms with E-state index in [0.717, 1.165) is 0 Å².